The molecule has 17 atom stereocenters. The highest BCUT2D eigenvalue weighted by Crippen LogP contribution is 2.63. The number of cyclic esters (lactones) is 1. The fourth-order valence-corrected chi connectivity index (χ4v) is 13.0. The van der Waals surface area contributed by atoms with E-state index >= 15 is 4.79 Å². The molecule has 4 heterocycles. The number of methoxy groups -OCH3 is 3. The van der Waals surface area contributed by atoms with Crippen molar-refractivity contribution >= 4 is 33.9 Å². The molecule has 63 heavy (non-hydrogen) atoms. The number of likely N-dealkylation sites (N-methyl/N-ethyl adjacent to an activating group) is 1. The van der Waals surface area contributed by atoms with Crippen molar-refractivity contribution in [3.8, 4) is 0 Å². The van der Waals surface area contributed by atoms with E-state index in [1.807, 2.05) is 26.8 Å². The van der Waals surface area contributed by atoms with Crippen molar-refractivity contribution in [3.63, 3.8) is 0 Å². The largest absolute Gasteiger partial charge is 0.462 e. The van der Waals surface area contributed by atoms with Crippen molar-refractivity contribution < 1.29 is 51.9 Å². The monoisotopic (exact) mass is 897 g/mol. The molecule has 0 spiro atoms. The summed E-state index contributed by atoms with van der Waals surface area (Å²) >= 11 is 1.56. The number of ketones is 1. The third-order valence-corrected chi connectivity index (χ3v) is 16.1. The van der Waals surface area contributed by atoms with E-state index in [1.165, 1.54) is 12.1 Å². The second kappa shape index (κ2) is 19.9. The lowest BCUT2D eigenvalue weighted by molar-refractivity contribution is -0.314. The van der Waals surface area contributed by atoms with E-state index in [1.54, 1.807) is 38.7 Å². The Kier molecular flexibility index (Phi) is 14.8. The maximum absolute atomic E-state index is 15.2. The van der Waals surface area contributed by atoms with Crippen LogP contribution in [-0.4, -0.2) is 125 Å². The van der Waals surface area contributed by atoms with E-state index in [-0.39, 0.29) is 84.3 Å². The third-order valence-electron chi connectivity index (χ3n) is 15.0. The molecule has 0 bridgehead atoms. The van der Waals surface area contributed by atoms with Gasteiger partial charge < -0.3 is 48.1 Å². The third kappa shape index (κ3) is 9.56. The Bertz CT molecular complexity index is 1950. The molecular weight excluding hydrogens is 830 g/mol. The molecule has 8 rings (SSSR count). The van der Waals surface area contributed by atoms with Gasteiger partial charge in [-0.2, -0.15) is 0 Å². The smallest absolute Gasteiger partial charge is 0.306 e. The SMILES string of the molecule is CC[C@H]1CCC[C@H](O[C@H]2CC[C@H](N(C)C)C(C)O2)[C@@H](C)C(=O)C2=C[C@@H]3C(c4nc(Nc5cccc(F)c5)sc4C4C[C@@H](O[C@@H]5OC(C)[C@H](OC)C(OC)[C@@H]5OC)C[C@H]43)[C@@H]2CC(=O)O1. The first-order valence-electron chi connectivity index (χ1n) is 23.2. The van der Waals surface area contributed by atoms with Crippen LogP contribution in [0, 0.1) is 29.5 Å². The maximum atomic E-state index is 15.2. The normalized spacial score (nSPS) is 39.6. The Balaban J connectivity index is 1.13. The van der Waals surface area contributed by atoms with Crippen LogP contribution in [0.3, 0.4) is 0 Å². The summed E-state index contributed by atoms with van der Waals surface area (Å²) < 4.78 is 64.8. The van der Waals surface area contributed by atoms with E-state index in [2.05, 4.69) is 37.3 Å². The fraction of sp³-hybridized carbons (Fsp3) is 0.729. The summed E-state index contributed by atoms with van der Waals surface area (Å²) in [5.41, 5.74) is 2.12. The van der Waals surface area contributed by atoms with Gasteiger partial charge in [0.15, 0.2) is 23.5 Å². The number of fused-ring (bicyclic) bond motifs is 8. The molecular formula is C48H68FN3O10S. The molecule has 1 aromatic carbocycles. The first-order valence-corrected chi connectivity index (χ1v) is 24.0. The van der Waals surface area contributed by atoms with Gasteiger partial charge in [-0.05, 0) is 115 Å². The summed E-state index contributed by atoms with van der Waals surface area (Å²) in [5.74, 6) is -1.82. The van der Waals surface area contributed by atoms with Crippen LogP contribution in [0.2, 0.25) is 0 Å². The molecule has 15 heteroatoms. The number of esters is 1. The van der Waals surface area contributed by atoms with Crippen LogP contribution in [0.5, 0.6) is 0 Å². The Hall–Kier alpha value is -2.86. The van der Waals surface area contributed by atoms with Crippen molar-refractivity contribution in [2.45, 2.75) is 165 Å². The summed E-state index contributed by atoms with van der Waals surface area (Å²) in [6, 6.07) is 6.63. The van der Waals surface area contributed by atoms with Gasteiger partial charge in [-0.15, -0.1) is 11.3 Å². The predicted octanol–water partition coefficient (Wildman–Crippen LogP) is 7.91. The van der Waals surface area contributed by atoms with E-state index in [0.717, 1.165) is 29.8 Å². The number of Topliss-reactive ketones (excluding diaryl/α,β-unsaturated/α-hetero) is 1. The van der Waals surface area contributed by atoms with E-state index in [9.17, 15) is 9.18 Å². The number of nitrogens with zero attached hydrogens (tertiary/aromatic N) is 2. The topological polar surface area (TPSA) is 136 Å². The minimum Gasteiger partial charge on any atom is -0.462 e. The highest BCUT2D eigenvalue weighted by molar-refractivity contribution is 7.15. The second-order valence-electron chi connectivity index (χ2n) is 18.9. The maximum Gasteiger partial charge on any atom is 0.306 e. The van der Waals surface area contributed by atoms with Crippen LogP contribution in [-0.2, 0) is 47.5 Å². The van der Waals surface area contributed by atoms with E-state index < -0.39 is 36.6 Å². The number of carbonyl (C=O) groups is 2. The molecule has 3 saturated heterocycles. The number of nitrogens with one attached hydrogen (secondary N) is 1. The lowest BCUT2D eigenvalue weighted by Crippen LogP contribution is -2.59. The number of rotatable bonds is 11. The Morgan fingerprint density at radius 1 is 0.921 bits per heavy atom. The molecule has 4 fully saturated rings. The summed E-state index contributed by atoms with van der Waals surface area (Å²) in [5, 5.41) is 4.00. The zero-order chi connectivity index (χ0) is 44.7. The van der Waals surface area contributed by atoms with Gasteiger partial charge in [0.2, 0.25) is 0 Å². The summed E-state index contributed by atoms with van der Waals surface area (Å²) in [6.07, 6.45) is 4.58. The Morgan fingerprint density at radius 3 is 2.40 bits per heavy atom. The average Bonchev–Trinajstić information content (AvgIpc) is 3.97. The van der Waals surface area contributed by atoms with Crippen LogP contribution < -0.4 is 5.32 Å². The number of carbonyl (C=O) groups excluding carboxylic acids is 2. The zero-order valence-corrected chi connectivity index (χ0v) is 39.1. The number of benzene rings is 1. The zero-order valence-electron chi connectivity index (χ0n) is 38.3. The highest BCUT2D eigenvalue weighted by atomic mass is 32.1. The van der Waals surface area contributed by atoms with Gasteiger partial charge in [-0.3, -0.25) is 9.59 Å². The lowest BCUT2D eigenvalue weighted by Gasteiger charge is -2.44. The molecule has 1 saturated carbocycles. The Morgan fingerprint density at radius 2 is 1.70 bits per heavy atom. The van der Waals surface area contributed by atoms with Crippen LogP contribution in [0.4, 0.5) is 15.2 Å². The van der Waals surface area contributed by atoms with E-state index in [4.69, 9.17) is 42.9 Å². The molecule has 0 radical (unpaired) electrons. The minimum absolute atomic E-state index is 0.00193. The van der Waals surface area contributed by atoms with Gasteiger partial charge in [-0.25, -0.2) is 9.37 Å². The van der Waals surface area contributed by atoms with Crippen LogP contribution in [0.1, 0.15) is 108 Å². The fourth-order valence-electron chi connectivity index (χ4n) is 11.8. The first-order chi connectivity index (χ1) is 30.3. The van der Waals surface area contributed by atoms with Gasteiger partial charge in [0.25, 0.3) is 0 Å². The number of anilines is 2. The number of aromatic nitrogens is 1. The standard InChI is InChI=1S/C48H68FN3O10S/c1-10-29-15-12-16-37(62-39-18-17-36(52(5)6)25(3)58-39)24(2)42(54)34-22-32-31-20-30(61-47-45(57-9)44(56-8)43(55-7)26(4)59-47)21-35(31)46-41(40(32)33(34)23-38(53)60-29)51-48(63-46)50-28-14-11-13-27(49)19-28/h11,13-14,19,22,24-26,29-33,35-37,39-40,43-45,47H,10,12,15-18,20-21,23H2,1-9H3,(H,50,51)/t24-,25?,26?,29+,30+,31+,32+,33-,35?,36+,37+,39+,40?,43+,44?,45+,47+/m1/s1. The van der Waals surface area contributed by atoms with Crippen molar-refractivity contribution in [2.75, 3.05) is 40.7 Å². The molecule has 5 unspecified atom stereocenters. The van der Waals surface area contributed by atoms with Crippen molar-refractivity contribution in [3.05, 3.63) is 52.3 Å². The van der Waals surface area contributed by atoms with Crippen LogP contribution >= 0.6 is 11.3 Å². The summed E-state index contributed by atoms with van der Waals surface area (Å²) in [6.45, 7) is 8.08. The summed E-state index contributed by atoms with van der Waals surface area (Å²) in [7, 11) is 9.07. The van der Waals surface area contributed by atoms with E-state index in [0.29, 0.717) is 54.5 Å². The lowest BCUT2D eigenvalue weighted by atomic mass is 9.67. The Labute approximate surface area is 376 Å². The number of halogens is 1. The van der Waals surface area contributed by atoms with Crippen LogP contribution in [0.15, 0.2) is 35.9 Å². The van der Waals surface area contributed by atoms with Gasteiger partial charge in [0, 0.05) is 61.6 Å². The highest BCUT2D eigenvalue weighted by Gasteiger charge is 2.57. The molecule has 348 valence electrons. The number of ether oxygens (including phenoxy) is 8. The van der Waals surface area contributed by atoms with Crippen LogP contribution in [0.25, 0.3) is 0 Å². The summed E-state index contributed by atoms with van der Waals surface area (Å²) in [4.78, 5) is 37.8. The van der Waals surface area contributed by atoms with Crippen molar-refractivity contribution in [1.29, 1.82) is 0 Å². The second-order valence-corrected chi connectivity index (χ2v) is 19.9. The molecule has 3 aliphatic heterocycles. The first kappa shape index (κ1) is 46.7. The molecule has 3 aliphatic carbocycles. The molecule has 13 nitrogen and oxygen atoms in total. The predicted molar refractivity (Wildman–Crippen MR) is 235 cm³/mol. The van der Waals surface area contributed by atoms with Gasteiger partial charge in [-0.1, -0.05) is 26.0 Å². The molecule has 1 N–H and O–H groups in total. The van der Waals surface area contributed by atoms with Gasteiger partial charge in [0.05, 0.1) is 36.5 Å². The average molecular weight is 898 g/mol. The number of thiazole rings is 1. The van der Waals surface area contributed by atoms with Crippen molar-refractivity contribution in [2.24, 2.45) is 23.7 Å². The van der Waals surface area contributed by atoms with Gasteiger partial charge >= 0.3 is 5.97 Å². The van der Waals surface area contributed by atoms with Crippen molar-refractivity contribution in [1.82, 2.24) is 9.88 Å². The molecule has 2 aromatic rings. The molecule has 6 aliphatic rings. The molecule has 1 aromatic heterocycles. The number of hydrogen-bond donors (Lipinski definition) is 1. The molecule has 0 amide bonds. The van der Waals surface area contributed by atoms with Gasteiger partial charge in [0.1, 0.15) is 30.2 Å². The number of allylic oxidation sites excluding steroid dienone is 2. The number of hydrogen-bond acceptors (Lipinski definition) is 14. The minimum atomic E-state index is -0.698. The quantitative estimate of drug-likeness (QED) is 0.219.